The van der Waals surface area contributed by atoms with Crippen molar-refractivity contribution in [2.45, 2.75) is 0 Å². The standard InChI is InChI=1S/C23H18O4/c1-27-20-11-6-16(7-12-20)14-18(10-13-22(25)26)23-19(15-24)9-8-17-4-2-3-5-21(17)23/h2-15H,1H3,(H,25,26)/b13-10+,18-14-. The number of benzene rings is 3. The molecule has 0 unspecified atom stereocenters. The first-order valence-electron chi connectivity index (χ1n) is 8.36. The third-order valence-corrected chi connectivity index (χ3v) is 4.22. The second kappa shape index (κ2) is 8.15. The minimum Gasteiger partial charge on any atom is -0.497 e. The van der Waals surface area contributed by atoms with Gasteiger partial charge < -0.3 is 9.84 Å². The van der Waals surface area contributed by atoms with Crippen LogP contribution in [0.5, 0.6) is 5.75 Å². The maximum Gasteiger partial charge on any atom is 0.328 e. The van der Waals surface area contributed by atoms with E-state index in [1.165, 1.54) is 6.08 Å². The topological polar surface area (TPSA) is 63.6 Å². The summed E-state index contributed by atoms with van der Waals surface area (Å²) in [4.78, 5) is 22.8. The van der Waals surface area contributed by atoms with E-state index in [0.717, 1.165) is 34.4 Å². The number of aldehydes is 1. The lowest BCUT2D eigenvalue weighted by Crippen LogP contribution is -1.95. The summed E-state index contributed by atoms with van der Waals surface area (Å²) in [5.74, 6) is -0.322. The van der Waals surface area contributed by atoms with Crippen molar-refractivity contribution in [2.75, 3.05) is 7.11 Å². The number of fused-ring (bicyclic) bond motifs is 1. The zero-order chi connectivity index (χ0) is 19.2. The van der Waals surface area contributed by atoms with Crippen LogP contribution in [0, 0.1) is 0 Å². The Labute approximate surface area is 157 Å². The second-order valence-corrected chi connectivity index (χ2v) is 5.91. The Morgan fingerprint density at radius 1 is 0.963 bits per heavy atom. The monoisotopic (exact) mass is 358 g/mol. The first-order valence-corrected chi connectivity index (χ1v) is 8.36. The number of hydrogen-bond acceptors (Lipinski definition) is 3. The minimum absolute atomic E-state index is 0.503. The fourth-order valence-electron chi connectivity index (χ4n) is 2.95. The molecule has 0 radical (unpaired) electrons. The van der Waals surface area contributed by atoms with Gasteiger partial charge in [0.25, 0.3) is 0 Å². The summed E-state index contributed by atoms with van der Waals surface area (Å²) in [7, 11) is 1.60. The predicted octanol–water partition coefficient (Wildman–Crippen LogP) is 4.84. The van der Waals surface area contributed by atoms with Crippen molar-refractivity contribution in [3.63, 3.8) is 0 Å². The van der Waals surface area contributed by atoms with E-state index in [2.05, 4.69) is 0 Å². The molecule has 0 aliphatic carbocycles. The molecule has 0 bridgehead atoms. The van der Waals surface area contributed by atoms with Crippen molar-refractivity contribution < 1.29 is 19.4 Å². The van der Waals surface area contributed by atoms with E-state index in [1.54, 1.807) is 13.2 Å². The molecule has 134 valence electrons. The summed E-state index contributed by atoms with van der Waals surface area (Å²) >= 11 is 0. The largest absolute Gasteiger partial charge is 0.497 e. The number of carboxylic acid groups (broad SMARTS) is 1. The molecule has 0 saturated carbocycles. The molecule has 0 aliphatic rings. The number of rotatable bonds is 6. The van der Waals surface area contributed by atoms with Gasteiger partial charge in [-0.05, 0) is 46.2 Å². The summed E-state index contributed by atoms with van der Waals surface area (Å²) in [6.45, 7) is 0. The van der Waals surface area contributed by atoms with Crippen molar-refractivity contribution in [3.8, 4) is 5.75 Å². The molecule has 0 amide bonds. The fourth-order valence-corrected chi connectivity index (χ4v) is 2.95. The lowest BCUT2D eigenvalue weighted by atomic mass is 9.92. The highest BCUT2D eigenvalue weighted by Crippen LogP contribution is 2.31. The Morgan fingerprint density at radius 3 is 2.37 bits per heavy atom. The van der Waals surface area contributed by atoms with Crippen LogP contribution in [0.2, 0.25) is 0 Å². The van der Waals surface area contributed by atoms with Crippen LogP contribution in [0.4, 0.5) is 0 Å². The molecule has 0 heterocycles. The molecule has 0 fully saturated rings. The summed E-state index contributed by atoms with van der Waals surface area (Å²) < 4.78 is 5.17. The molecule has 27 heavy (non-hydrogen) atoms. The molecular weight excluding hydrogens is 340 g/mol. The van der Waals surface area contributed by atoms with Gasteiger partial charge in [0, 0.05) is 17.2 Å². The molecule has 0 spiro atoms. The third-order valence-electron chi connectivity index (χ3n) is 4.22. The molecule has 3 aromatic rings. The molecule has 0 atom stereocenters. The van der Waals surface area contributed by atoms with E-state index in [-0.39, 0.29) is 0 Å². The summed E-state index contributed by atoms with van der Waals surface area (Å²) in [5, 5.41) is 10.9. The zero-order valence-corrected chi connectivity index (χ0v) is 14.8. The van der Waals surface area contributed by atoms with Gasteiger partial charge >= 0.3 is 5.97 Å². The maximum atomic E-state index is 11.7. The summed E-state index contributed by atoms with van der Waals surface area (Å²) in [6, 6.07) is 18.7. The molecule has 3 aromatic carbocycles. The van der Waals surface area contributed by atoms with Gasteiger partial charge in [-0.2, -0.15) is 0 Å². The maximum absolute atomic E-state index is 11.7. The van der Waals surface area contributed by atoms with Crippen LogP contribution in [-0.2, 0) is 4.79 Å². The highest BCUT2D eigenvalue weighted by atomic mass is 16.5. The van der Waals surface area contributed by atoms with Crippen molar-refractivity contribution >= 4 is 34.7 Å². The van der Waals surface area contributed by atoms with Crippen LogP contribution in [0.15, 0.2) is 72.8 Å². The van der Waals surface area contributed by atoms with Gasteiger partial charge in [-0.3, -0.25) is 4.79 Å². The van der Waals surface area contributed by atoms with Gasteiger partial charge in [0.1, 0.15) is 5.75 Å². The normalized spacial score (nSPS) is 11.7. The van der Waals surface area contributed by atoms with Crippen molar-refractivity contribution in [1.29, 1.82) is 0 Å². The number of ether oxygens (including phenoxy) is 1. The Hall–Kier alpha value is -3.66. The van der Waals surface area contributed by atoms with Gasteiger partial charge in [-0.25, -0.2) is 4.79 Å². The predicted molar refractivity (Wildman–Crippen MR) is 107 cm³/mol. The van der Waals surface area contributed by atoms with Crippen LogP contribution in [0.3, 0.4) is 0 Å². The third kappa shape index (κ3) is 4.12. The van der Waals surface area contributed by atoms with Crippen LogP contribution in [0.1, 0.15) is 21.5 Å². The highest BCUT2D eigenvalue weighted by Gasteiger charge is 2.11. The van der Waals surface area contributed by atoms with Gasteiger partial charge in [-0.1, -0.05) is 48.5 Å². The van der Waals surface area contributed by atoms with Gasteiger partial charge in [0.2, 0.25) is 0 Å². The van der Waals surface area contributed by atoms with Crippen molar-refractivity contribution in [1.82, 2.24) is 0 Å². The zero-order valence-electron chi connectivity index (χ0n) is 14.8. The molecule has 0 aromatic heterocycles. The van der Waals surface area contributed by atoms with Crippen molar-refractivity contribution in [2.24, 2.45) is 0 Å². The average Bonchev–Trinajstić information content (AvgIpc) is 2.70. The highest BCUT2D eigenvalue weighted by molar-refractivity contribution is 6.07. The van der Waals surface area contributed by atoms with Gasteiger partial charge in [0.05, 0.1) is 7.11 Å². The smallest absolute Gasteiger partial charge is 0.328 e. The van der Waals surface area contributed by atoms with E-state index >= 15 is 0 Å². The Bertz CT molecular complexity index is 1040. The Kier molecular flexibility index (Phi) is 5.47. The van der Waals surface area contributed by atoms with Crippen molar-refractivity contribution in [3.05, 3.63) is 89.5 Å². The lowest BCUT2D eigenvalue weighted by molar-refractivity contribution is -0.131. The number of methoxy groups -OCH3 is 1. The van der Waals surface area contributed by atoms with Crippen LogP contribution in [0.25, 0.3) is 22.4 Å². The van der Waals surface area contributed by atoms with Gasteiger partial charge in [-0.15, -0.1) is 0 Å². The number of carbonyl (C=O) groups excluding carboxylic acids is 1. The van der Waals surface area contributed by atoms with E-state index in [0.29, 0.717) is 16.7 Å². The number of carboxylic acids is 1. The Morgan fingerprint density at radius 2 is 1.70 bits per heavy atom. The molecule has 0 aliphatic heterocycles. The molecular formula is C23H18O4. The first-order chi connectivity index (χ1) is 13.1. The quantitative estimate of drug-likeness (QED) is 0.296. The number of hydrogen-bond donors (Lipinski definition) is 1. The van der Waals surface area contributed by atoms with Gasteiger partial charge in [0.15, 0.2) is 6.29 Å². The summed E-state index contributed by atoms with van der Waals surface area (Å²) in [5.41, 5.74) is 2.71. The lowest BCUT2D eigenvalue weighted by Gasteiger charge is -2.11. The fraction of sp³-hybridized carbons (Fsp3) is 0.0435. The molecule has 4 nitrogen and oxygen atoms in total. The van der Waals surface area contributed by atoms with E-state index in [1.807, 2.05) is 60.7 Å². The first kappa shape index (κ1) is 18.1. The van der Waals surface area contributed by atoms with E-state index < -0.39 is 5.97 Å². The number of aliphatic carboxylic acids is 1. The van der Waals surface area contributed by atoms with Crippen LogP contribution < -0.4 is 4.74 Å². The van der Waals surface area contributed by atoms with Crippen LogP contribution >= 0.6 is 0 Å². The number of allylic oxidation sites excluding steroid dienone is 2. The van der Waals surface area contributed by atoms with E-state index in [4.69, 9.17) is 9.84 Å². The minimum atomic E-state index is -1.05. The molecule has 1 N–H and O–H groups in total. The molecule has 4 heteroatoms. The molecule has 3 rings (SSSR count). The number of carbonyl (C=O) groups is 2. The summed E-state index contributed by atoms with van der Waals surface area (Å²) in [6.07, 6.45) is 5.24. The van der Waals surface area contributed by atoms with Crippen LogP contribution in [-0.4, -0.2) is 24.5 Å². The second-order valence-electron chi connectivity index (χ2n) is 5.91. The average molecular weight is 358 g/mol. The SMILES string of the molecule is COc1ccc(/C=C(/C=C/C(=O)O)c2c(C=O)ccc3ccccc23)cc1. The van der Waals surface area contributed by atoms with E-state index in [9.17, 15) is 9.59 Å². The molecule has 0 saturated heterocycles. The Balaban J connectivity index is 2.24.